The smallest absolute Gasteiger partial charge is 0.163 e. The fraction of sp³-hybridized carbons (Fsp3) is 0.300. The standard InChI is InChI=1S/C10H11IO2/c1-6-8(11)4-5-9(13-3)10(6)7(2)12/h4-5H,1-3H3. The number of hydrogen-bond acceptors (Lipinski definition) is 2. The number of rotatable bonds is 2. The fourth-order valence-electron chi connectivity index (χ4n) is 1.27. The van der Waals surface area contributed by atoms with Crippen molar-refractivity contribution in [3.8, 4) is 5.75 Å². The van der Waals surface area contributed by atoms with Crippen LogP contribution in [0.25, 0.3) is 0 Å². The summed E-state index contributed by atoms with van der Waals surface area (Å²) >= 11 is 2.21. The van der Waals surface area contributed by atoms with Crippen LogP contribution < -0.4 is 4.74 Å². The van der Waals surface area contributed by atoms with Crippen LogP contribution in [0, 0.1) is 10.5 Å². The molecule has 0 spiro atoms. The lowest BCUT2D eigenvalue weighted by molar-refractivity contribution is 0.101. The predicted octanol–water partition coefficient (Wildman–Crippen LogP) is 2.81. The van der Waals surface area contributed by atoms with Gasteiger partial charge in [-0.1, -0.05) is 0 Å². The normalized spacial score (nSPS) is 9.85. The predicted molar refractivity (Wildman–Crippen MR) is 60.5 cm³/mol. The van der Waals surface area contributed by atoms with E-state index in [4.69, 9.17) is 4.74 Å². The average Bonchev–Trinajstić information content (AvgIpc) is 2.08. The van der Waals surface area contributed by atoms with E-state index in [9.17, 15) is 4.79 Å². The molecule has 0 aliphatic rings. The van der Waals surface area contributed by atoms with Gasteiger partial charge in [0.1, 0.15) is 5.75 Å². The van der Waals surface area contributed by atoms with Crippen LogP contribution in [0.1, 0.15) is 22.8 Å². The van der Waals surface area contributed by atoms with Gasteiger partial charge >= 0.3 is 0 Å². The van der Waals surface area contributed by atoms with Crippen LogP contribution >= 0.6 is 22.6 Å². The van der Waals surface area contributed by atoms with Crippen molar-refractivity contribution in [2.24, 2.45) is 0 Å². The quantitative estimate of drug-likeness (QED) is 0.618. The van der Waals surface area contributed by atoms with Crippen molar-refractivity contribution in [2.75, 3.05) is 7.11 Å². The van der Waals surface area contributed by atoms with E-state index in [2.05, 4.69) is 22.6 Å². The molecule has 70 valence electrons. The molecule has 0 saturated carbocycles. The molecule has 0 bridgehead atoms. The lowest BCUT2D eigenvalue weighted by Crippen LogP contribution is -2.02. The molecule has 0 aliphatic heterocycles. The van der Waals surface area contributed by atoms with Crippen LogP contribution in [0.15, 0.2) is 12.1 Å². The van der Waals surface area contributed by atoms with Crippen molar-refractivity contribution in [1.82, 2.24) is 0 Å². The second-order valence-corrected chi connectivity index (χ2v) is 3.97. The first-order chi connectivity index (χ1) is 6.07. The Morgan fingerprint density at radius 3 is 2.54 bits per heavy atom. The number of ketones is 1. The summed E-state index contributed by atoms with van der Waals surface area (Å²) in [7, 11) is 1.58. The van der Waals surface area contributed by atoms with Crippen LogP contribution in [0.2, 0.25) is 0 Å². The lowest BCUT2D eigenvalue weighted by atomic mass is 10.0. The van der Waals surface area contributed by atoms with Gasteiger partial charge in [0.15, 0.2) is 5.78 Å². The summed E-state index contributed by atoms with van der Waals surface area (Å²) in [5, 5.41) is 0. The highest BCUT2D eigenvalue weighted by molar-refractivity contribution is 14.1. The maximum absolute atomic E-state index is 11.3. The first-order valence-electron chi connectivity index (χ1n) is 3.92. The van der Waals surface area contributed by atoms with E-state index >= 15 is 0 Å². The Kier molecular flexibility index (Phi) is 3.30. The minimum absolute atomic E-state index is 0.0490. The number of ether oxygens (including phenoxy) is 1. The molecule has 1 aromatic rings. The number of carbonyl (C=O) groups excluding carboxylic acids is 1. The fourth-order valence-corrected chi connectivity index (χ4v) is 1.72. The first kappa shape index (κ1) is 10.5. The maximum atomic E-state index is 11.3. The van der Waals surface area contributed by atoms with E-state index < -0.39 is 0 Å². The molecule has 0 aliphatic carbocycles. The van der Waals surface area contributed by atoms with E-state index in [1.165, 1.54) is 0 Å². The summed E-state index contributed by atoms with van der Waals surface area (Å²) in [6, 6.07) is 3.77. The summed E-state index contributed by atoms with van der Waals surface area (Å²) < 4.78 is 6.20. The maximum Gasteiger partial charge on any atom is 0.163 e. The Labute approximate surface area is 91.4 Å². The van der Waals surface area contributed by atoms with Gasteiger partial charge in [0, 0.05) is 3.57 Å². The van der Waals surface area contributed by atoms with Crippen molar-refractivity contribution in [3.05, 3.63) is 26.8 Å². The summed E-state index contributed by atoms with van der Waals surface area (Å²) in [6.45, 7) is 3.49. The Bertz CT molecular complexity index is 345. The third-order valence-electron chi connectivity index (χ3n) is 1.93. The summed E-state index contributed by atoms with van der Waals surface area (Å²) in [5.41, 5.74) is 1.68. The SMILES string of the molecule is COc1ccc(I)c(C)c1C(C)=O. The number of benzene rings is 1. The highest BCUT2D eigenvalue weighted by atomic mass is 127. The molecule has 0 fully saturated rings. The van der Waals surface area contributed by atoms with Crippen LogP contribution in [-0.2, 0) is 0 Å². The van der Waals surface area contributed by atoms with Gasteiger partial charge in [0.05, 0.1) is 12.7 Å². The summed E-state index contributed by atoms with van der Waals surface area (Å²) in [4.78, 5) is 11.3. The van der Waals surface area contributed by atoms with E-state index in [0.717, 1.165) is 9.13 Å². The average molecular weight is 290 g/mol. The number of halogens is 1. The Morgan fingerprint density at radius 2 is 2.08 bits per heavy atom. The topological polar surface area (TPSA) is 26.3 Å². The second-order valence-electron chi connectivity index (χ2n) is 2.81. The monoisotopic (exact) mass is 290 g/mol. The van der Waals surface area contributed by atoms with Crippen LogP contribution in [-0.4, -0.2) is 12.9 Å². The molecule has 0 radical (unpaired) electrons. The van der Waals surface area contributed by atoms with Gasteiger partial charge in [-0.25, -0.2) is 0 Å². The van der Waals surface area contributed by atoms with Crippen molar-refractivity contribution in [3.63, 3.8) is 0 Å². The van der Waals surface area contributed by atoms with Gasteiger partial charge in [-0.15, -0.1) is 0 Å². The Hall–Kier alpha value is -0.580. The molecule has 13 heavy (non-hydrogen) atoms. The zero-order valence-corrected chi connectivity index (χ0v) is 10.0. The minimum Gasteiger partial charge on any atom is -0.496 e. The molecule has 0 heterocycles. The summed E-state index contributed by atoms with van der Waals surface area (Å²) in [6.07, 6.45) is 0. The second kappa shape index (κ2) is 4.09. The molecule has 0 atom stereocenters. The van der Waals surface area contributed by atoms with E-state index in [1.54, 1.807) is 14.0 Å². The van der Waals surface area contributed by atoms with E-state index in [0.29, 0.717) is 11.3 Å². The Balaban J connectivity index is 3.41. The molecule has 0 saturated heterocycles. The van der Waals surface area contributed by atoms with Crippen molar-refractivity contribution >= 4 is 28.4 Å². The van der Waals surface area contributed by atoms with Gasteiger partial charge in [0.25, 0.3) is 0 Å². The first-order valence-corrected chi connectivity index (χ1v) is 4.99. The van der Waals surface area contributed by atoms with Gasteiger partial charge in [-0.05, 0) is 54.1 Å². The highest BCUT2D eigenvalue weighted by Crippen LogP contribution is 2.26. The Morgan fingerprint density at radius 1 is 1.46 bits per heavy atom. The van der Waals surface area contributed by atoms with Crippen molar-refractivity contribution in [1.29, 1.82) is 0 Å². The zero-order valence-electron chi connectivity index (χ0n) is 7.85. The number of methoxy groups -OCH3 is 1. The largest absolute Gasteiger partial charge is 0.496 e. The van der Waals surface area contributed by atoms with E-state index in [-0.39, 0.29) is 5.78 Å². The molecule has 1 rings (SSSR count). The van der Waals surface area contributed by atoms with E-state index in [1.807, 2.05) is 19.1 Å². The zero-order chi connectivity index (χ0) is 10.0. The number of carbonyl (C=O) groups is 1. The molecule has 0 N–H and O–H groups in total. The summed E-state index contributed by atoms with van der Waals surface area (Å²) in [5.74, 6) is 0.707. The van der Waals surface area contributed by atoms with Gasteiger partial charge in [-0.2, -0.15) is 0 Å². The molecular weight excluding hydrogens is 279 g/mol. The highest BCUT2D eigenvalue weighted by Gasteiger charge is 2.12. The number of hydrogen-bond donors (Lipinski definition) is 0. The lowest BCUT2D eigenvalue weighted by Gasteiger charge is -2.09. The third-order valence-corrected chi connectivity index (χ3v) is 3.10. The number of Topliss-reactive ketones (excluding diaryl/α,β-unsaturated/α-hetero) is 1. The van der Waals surface area contributed by atoms with Crippen LogP contribution in [0.4, 0.5) is 0 Å². The van der Waals surface area contributed by atoms with Gasteiger partial charge in [-0.3, -0.25) is 4.79 Å². The van der Waals surface area contributed by atoms with Crippen molar-refractivity contribution in [2.45, 2.75) is 13.8 Å². The molecular formula is C10H11IO2. The van der Waals surface area contributed by atoms with Crippen LogP contribution in [0.5, 0.6) is 5.75 Å². The molecule has 0 aromatic heterocycles. The molecule has 1 aromatic carbocycles. The molecule has 3 heteroatoms. The molecule has 0 amide bonds. The van der Waals surface area contributed by atoms with Crippen molar-refractivity contribution < 1.29 is 9.53 Å². The minimum atomic E-state index is 0.0490. The van der Waals surface area contributed by atoms with Gasteiger partial charge < -0.3 is 4.74 Å². The van der Waals surface area contributed by atoms with Crippen LogP contribution in [0.3, 0.4) is 0 Å². The molecule has 0 unspecified atom stereocenters. The third kappa shape index (κ3) is 2.02. The molecule has 2 nitrogen and oxygen atoms in total. The van der Waals surface area contributed by atoms with Gasteiger partial charge in [0.2, 0.25) is 0 Å².